The van der Waals surface area contributed by atoms with Crippen molar-refractivity contribution in [2.24, 2.45) is 0 Å². The molecule has 2 aliphatic heterocycles. The number of benzene rings is 3. The van der Waals surface area contributed by atoms with Gasteiger partial charge < -0.3 is 19.9 Å². The first-order chi connectivity index (χ1) is 17.6. The van der Waals surface area contributed by atoms with Crippen LogP contribution in [0.5, 0.6) is 0 Å². The van der Waals surface area contributed by atoms with Gasteiger partial charge in [-0.25, -0.2) is 0 Å². The van der Waals surface area contributed by atoms with Gasteiger partial charge in [-0.15, -0.1) is 11.8 Å². The summed E-state index contributed by atoms with van der Waals surface area (Å²) in [5.74, 6) is 0.136. The average Bonchev–Trinajstić information content (AvgIpc) is 3.29. The number of ether oxygens (including phenoxy) is 1. The van der Waals surface area contributed by atoms with Crippen LogP contribution in [0.15, 0.2) is 78.9 Å². The number of amides is 3. The first-order valence-electron chi connectivity index (χ1n) is 11.9. The minimum Gasteiger partial charge on any atom is -0.378 e. The van der Waals surface area contributed by atoms with Gasteiger partial charge in [-0.3, -0.25) is 14.4 Å². The molecule has 7 nitrogen and oxygen atoms in total. The van der Waals surface area contributed by atoms with E-state index in [1.807, 2.05) is 47.4 Å². The fourth-order valence-corrected chi connectivity index (χ4v) is 5.58. The van der Waals surface area contributed by atoms with Gasteiger partial charge in [-0.1, -0.05) is 54.6 Å². The lowest BCUT2D eigenvalue weighted by Crippen LogP contribution is -2.41. The Morgan fingerprint density at radius 2 is 1.61 bits per heavy atom. The van der Waals surface area contributed by atoms with Gasteiger partial charge >= 0.3 is 0 Å². The maximum Gasteiger partial charge on any atom is 0.256 e. The lowest BCUT2D eigenvalue weighted by molar-refractivity contribution is -0.128. The SMILES string of the molecule is O=C(Nc1ccccc1C(=O)N1CCOCC1)c1ccc([C@@H]2SCC(=O)N2Cc2ccccc2)cc1. The minimum atomic E-state index is -0.292. The summed E-state index contributed by atoms with van der Waals surface area (Å²) in [6.45, 7) is 2.64. The number of anilines is 1. The number of nitrogens with zero attached hydrogens (tertiary/aromatic N) is 2. The molecule has 3 aromatic rings. The van der Waals surface area contributed by atoms with Crippen LogP contribution in [0.4, 0.5) is 5.69 Å². The Bertz CT molecular complexity index is 1240. The van der Waals surface area contributed by atoms with Crippen molar-refractivity contribution in [3.05, 3.63) is 101 Å². The van der Waals surface area contributed by atoms with Crippen molar-refractivity contribution in [3.8, 4) is 0 Å². The summed E-state index contributed by atoms with van der Waals surface area (Å²) < 4.78 is 5.34. The predicted molar refractivity (Wildman–Crippen MR) is 140 cm³/mol. The van der Waals surface area contributed by atoms with Crippen LogP contribution in [0, 0.1) is 0 Å². The van der Waals surface area contributed by atoms with E-state index in [0.29, 0.717) is 55.4 Å². The lowest BCUT2D eigenvalue weighted by atomic mass is 10.1. The number of nitrogens with one attached hydrogen (secondary N) is 1. The monoisotopic (exact) mass is 501 g/mol. The standard InChI is InChI=1S/C28H27N3O4S/c32-25-19-36-28(31(25)18-20-6-2-1-3-7-20)22-12-10-21(11-13-22)26(33)29-24-9-5-4-8-23(24)27(34)30-14-16-35-17-15-30/h1-13,28H,14-19H2,(H,29,33)/t28-/m0/s1. The molecule has 3 aromatic carbocycles. The third-order valence-electron chi connectivity index (χ3n) is 6.33. The molecular weight excluding hydrogens is 474 g/mol. The predicted octanol–water partition coefficient (Wildman–Crippen LogP) is 4.19. The molecule has 3 amide bonds. The fourth-order valence-electron chi connectivity index (χ4n) is 4.39. The van der Waals surface area contributed by atoms with Crippen LogP contribution in [0.1, 0.15) is 37.2 Å². The Morgan fingerprint density at radius 3 is 2.36 bits per heavy atom. The van der Waals surface area contributed by atoms with Crippen LogP contribution in [0.3, 0.4) is 0 Å². The summed E-state index contributed by atoms with van der Waals surface area (Å²) in [5, 5.41) is 2.80. The first-order valence-corrected chi connectivity index (χ1v) is 13.0. The summed E-state index contributed by atoms with van der Waals surface area (Å²) in [6, 6.07) is 24.3. The second-order valence-electron chi connectivity index (χ2n) is 8.70. The number of thioether (sulfide) groups is 1. The number of hydrogen-bond donors (Lipinski definition) is 1. The Morgan fingerprint density at radius 1 is 0.917 bits per heavy atom. The molecule has 1 atom stereocenters. The third kappa shape index (κ3) is 5.29. The number of morpholine rings is 1. The van der Waals surface area contributed by atoms with Gasteiger partial charge in [-0.2, -0.15) is 0 Å². The van der Waals surface area contributed by atoms with Gasteiger partial charge in [0.1, 0.15) is 5.37 Å². The topological polar surface area (TPSA) is 79.0 Å². The normalized spacial score (nSPS) is 17.8. The molecule has 2 heterocycles. The zero-order valence-corrected chi connectivity index (χ0v) is 20.6. The molecule has 8 heteroatoms. The van der Waals surface area contributed by atoms with Gasteiger partial charge in [0.25, 0.3) is 11.8 Å². The average molecular weight is 502 g/mol. The Kier molecular flexibility index (Phi) is 7.34. The van der Waals surface area contributed by atoms with Crippen molar-refractivity contribution in [1.29, 1.82) is 0 Å². The van der Waals surface area contributed by atoms with Crippen LogP contribution < -0.4 is 5.32 Å². The Hall–Kier alpha value is -3.62. The summed E-state index contributed by atoms with van der Waals surface area (Å²) in [6.07, 6.45) is 0. The second kappa shape index (κ2) is 11.0. The summed E-state index contributed by atoms with van der Waals surface area (Å²) in [5.41, 5.74) is 3.48. The van der Waals surface area contributed by atoms with Crippen LogP contribution in [0.25, 0.3) is 0 Å². The molecule has 2 saturated heterocycles. The van der Waals surface area contributed by atoms with Crippen molar-refractivity contribution >= 4 is 35.2 Å². The van der Waals surface area contributed by atoms with Gasteiger partial charge in [0, 0.05) is 25.2 Å². The molecule has 2 fully saturated rings. The number of rotatable bonds is 6. The maximum atomic E-state index is 13.0. The molecule has 36 heavy (non-hydrogen) atoms. The molecule has 0 spiro atoms. The van der Waals surface area contributed by atoms with Crippen molar-refractivity contribution in [2.75, 3.05) is 37.4 Å². The molecule has 0 aromatic heterocycles. The highest BCUT2D eigenvalue weighted by molar-refractivity contribution is 8.00. The largest absolute Gasteiger partial charge is 0.378 e. The third-order valence-corrected chi connectivity index (χ3v) is 7.58. The molecule has 0 saturated carbocycles. The quantitative estimate of drug-likeness (QED) is 0.548. The highest BCUT2D eigenvalue weighted by atomic mass is 32.2. The highest BCUT2D eigenvalue weighted by Crippen LogP contribution is 2.39. The van der Waals surface area contributed by atoms with Crippen LogP contribution in [-0.2, 0) is 16.1 Å². The van der Waals surface area contributed by atoms with E-state index >= 15 is 0 Å². The molecule has 184 valence electrons. The van der Waals surface area contributed by atoms with Crippen molar-refractivity contribution in [2.45, 2.75) is 11.9 Å². The molecular formula is C28H27N3O4S. The van der Waals surface area contributed by atoms with E-state index < -0.39 is 0 Å². The second-order valence-corrected chi connectivity index (χ2v) is 9.77. The van der Waals surface area contributed by atoms with E-state index in [0.717, 1.165) is 11.1 Å². The summed E-state index contributed by atoms with van der Waals surface area (Å²) in [7, 11) is 0. The molecule has 0 aliphatic carbocycles. The number of carbonyl (C=O) groups is 3. The smallest absolute Gasteiger partial charge is 0.256 e. The molecule has 0 bridgehead atoms. The Balaban J connectivity index is 1.28. The zero-order valence-electron chi connectivity index (χ0n) is 19.8. The van der Waals surface area contributed by atoms with Crippen LogP contribution >= 0.6 is 11.8 Å². The minimum absolute atomic E-state index is 0.0957. The number of para-hydroxylation sites is 1. The lowest BCUT2D eigenvalue weighted by Gasteiger charge is -2.27. The van der Waals surface area contributed by atoms with E-state index in [4.69, 9.17) is 4.74 Å². The van der Waals surface area contributed by atoms with Crippen LogP contribution in [-0.4, -0.2) is 59.6 Å². The van der Waals surface area contributed by atoms with E-state index in [-0.39, 0.29) is 23.1 Å². The van der Waals surface area contributed by atoms with E-state index in [1.54, 1.807) is 53.1 Å². The summed E-state index contributed by atoms with van der Waals surface area (Å²) in [4.78, 5) is 42.2. The van der Waals surface area contributed by atoms with Crippen LogP contribution in [0.2, 0.25) is 0 Å². The van der Waals surface area contributed by atoms with E-state index in [1.165, 1.54) is 0 Å². The van der Waals surface area contributed by atoms with Crippen molar-refractivity contribution in [1.82, 2.24) is 9.80 Å². The molecule has 5 rings (SSSR count). The molecule has 0 unspecified atom stereocenters. The molecule has 2 aliphatic rings. The number of carbonyl (C=O) groups excluding carboxylic acids is 3. The van der Waals surface area contributed by atoms with Gasteiger partial charge in [0.15, 0.2) is 0 Å². The highest BCUT2D eigenvalue weighted by Gasteiger charge is 2.32. The fraction of sp³-hybridized carbons (Fsp3) is 0.250. The summed E-state index contributed by atoms with van der Waals surface area (Å²) >= 11 is 1.59. The van der Waals surface area contributed by atoms with Gasteiger partial charge in [0.2, 0.25) is 5.91 Å². The van der Waals surface area contributed by atoms with Crippen molar-refractivity contribution < 1.29 is 19.1 Å². The van der Waals surface area contributed by atoms with Gasteiger partial charge in [0.05, 0.1) is 30.2 Å². The number of hydrogen-bond acceptors (Lipinski definition) is 5. The molecule has 0 radical (unpaired) electrons. The van der Waals surface area contributed by atoms with Gasteiger partial charge in [-0.05, 0) is 35.4 Å². The maximum absolute atomic E-state index is 13.0. The van der Waals surface area contributed by atoms with E-state index in [2.05, 4.69) is 5.32 Å². The first kappa shape index (κ1) is 24.1. The van der Waals surface area contributed by atoms with Crippen molar-refractivity contribution in [3.63, 3.8) is 0 Å². The van der Waals surface area contributed by atoms with E-state index in [9.17, 15) is 14.4 Å². The zero-order chi connectivity index (χ0) is 24.9. The Labute approximate surface area is 214 Å². The molecule has 1 N–H and O–H groups in total.